The number of benzene rings is 2. The summed E-state index contributed by atoms with van der Waals surface area (Å²) in [6.07, 6.45) is 4.44. The van der Waals surface area contributed by atoms with Gasteiger partial charge in [0.25, 0.3) is 10.0 Å². The average Bonchev–Trinajstić information content (AvgIpc) is 3.36. The van der Waals surface area contributed by atoms with Gasteiger partial charge in [0.2, 0.25) is 5.95 Å². The molecule has 202 valence electrons. The first-order valence-corrected chi connectivity index (χ1v) is 13.9. The minimum Gasteiger partial charge on any atom is -0.339 e. The van der Waals surface area contributed by atoms with E-state index in [0.29, 0.717) is 28.9 Å². The molecule has 0 saturated carbocycles. The summed E-state index contributed by atoms with van der Waals surface area (Å²) < 4.78 is 28.4. The molecule has 0 fully saturated rings. The summed E-state index contributed by atoms with van der Waals surface area (Å²) in [4.78, 5) is 21.4. The quantitative estimate of drug-likeness (QED) is 0.222. The number of nitrogens with one attached hydrogen (secondary N) is 5. The molecule has 0 saturated heterocycles. The zero-order chi connectivity index (χ0) is 27.4. The number of hydrogen-bond donors (Lipinski definition) is 5. The third-order valence-electron chi connectivity index (χ3n) is 5.89. The molecule has 3 heterocycles. The third kappa shape index (κ3) is 6.63. The fraction of sp³-hybridized carbons (Fsp3) is 0.200. The van der Waals surface area contributed by atoms with Gasteiger partial charge in [0.05, 0.1) is 6.20 Å². The molecule has 4 aromatic rings. The van der Waals surface area contributed by atoms with Crippen LogP contribution in [0.5, 0.6) is 0 Å². The fourth-order valence-corrected chi connectivity index (χ4v) is 5.14. The number of carbonyl (C=O) groups is 1. The number of carbonyl (C=O) groups excluding carboxylic acids is 1. The van der Waals surface area contributed by atoms with Crippen molar-refractivity contribution in [2.24, 2.45) is 7.05 Å². The Morgan fingerprint density at radius 3 is 2.74 bits per heavy atom. The Hall–Kier alpha value is -4.20. The van der Waals surface area contributed by atoms with E-state index in [1.54, 1.807) is 19.3 Å². The summed E-state index contributed by atoms with van der Waals surface area (Å²) in [5.74, 6) is 0.859. The van der Waals surface area contributed by atoms with E-state index >= 15 is 0 Å². The van der Waals surface area contributed by atoms with Gasteiger partial charge in [0, 0.05) is 43.4 Å². The van der Waals surface area contributed by atoms with Gasteiger partial charge in [-0.25, -0.2) is 22.9 Å². The highest BCUT2D eigenvalue weighted by atomic mass is 35.5. The maximum atomic E-state index is 12.6. The predicted octanol–water partition coefficient (Wildman–Crippen LogP) is 3.55. The highest BCUT2D eigenvalue weighted by molar-refractivity contribution is 7.89. The Kier molecular flexibility index (Phi) is 7.63. The Balaban J connectivity index is 1.28. The topological polar surface area (TPSA) is 155 Å². The molecular formula is C25H26ClN9O3S. The van der Waals surface area contributed by atoms with Crippen LogP contribution in [0.2, 0.25) is 5.02 Å². The molecule has 6 bridgehead atoms. The summed E-state index contributed by atoms with van der Waals surface area (Å²) >= 11 is 6.33. The van der Waals surface area contributed by atoms with Crippen molar-refractivity contribution < 1.29 is 13.2 Å². The minimum atomic E-state index is -3.75. The van der Waals surface area contributed by atoms with Gasteiger partial charge in [-0.1, -0.05) is 23.7 Å². The number of amides is 2. The van der Waals surface area contributed by atoms with Crippen molar-refractivity contribution in [2.45, 2.75) is 17.9 Å². The highest BCUT2D eigenvalue weighted by Gasteiger charge is 2.17. The second kappa shape index (κ2) is 11.3. The van der Waals surface area contributed by atoms with Gasteiger partial charge in [-0.05, 0) is 60.4 Å². The van der Waals surface area contributed by atoms with Crippen molar-refractivity contribution in [3.8, 4) is 0 Å². The predicted molar refractivity (Wildman–Crippen MR) is 149 cm³/mol. The van der Waals surface area contributed by atoms with Crippen LogP contribution in [-0.2, 0) is 29.9 Å². The van der Waals surface area contributed by atoms with E-state index in [-0.39, 0.29) is 18.1 Å². The van der Waals surface area contributed by atoms with E-state index in [9.17, 15) is 13.2 Å². The van der Waals surface area contributed by atoms with Crippen molar-refractivity contribution in [3.05, 3.63) is 77.1 Å². The Labute approximate surface area is 230 Å². The zero-order valence-corrected chi connectivity index (χ0v) is 22.5. The average molecular weight is 568 g/mol. The summed E-state index contributed by atoms with van der Waals surface area (Å²) in [6, 6.07) is 14.4. The molecule has 14 heteroatoms. The largest absolute Gasteiger partial charge is 0.339 e. The van der Waals surface area contributed by atoms with Crippen molar-refractivity contribution in [1.82, 2.24) is 29.8 Å². The van der Waals surface area contributed by atoms with Crippen molar-refractivity contribution in [3.63, 3.8) is 0 Å². The Morgan fingerprint density at radius 2 is 1.92 bits per heavy atom. The molecule has 0 unspecified atom stereocenters. The van der Waals surface area contributed by atoms with Crippen LogP contribution in [0.1, 0.15) is 11.1 Å². The summed E-state index contributed by atoms with van der Waals surface area (Å²) in [6.45, 7) is 0.0926. The lowest BCUT2D eigenvalue weighted by atomic mass is 10.0. The van der Waals surface area contributed by atoms with E-state index in [0.717, 1.165) is 28.9 Å². The van der Waals surface area contributed by atoms with Crippen LogP contribution in [-0.4, -0.2) is 47.3 Å². The number of aryl methyl sites for hydroxylation is 3. The molecule has 0 radical (unpaired) electrons. The molecular weight excluding hydrogens is 542 g/mol. The van der Waals surface area contributed by atoms with Gasteiger partial charge in [-0.2, -0.15) is 10.1 Å². The van der Waals surface area contributed by atoms with Gasteiger partial charge in [-0.15, -0.1) is 0 Å². The zero-order valence-electron chi connectivity index (χ0n) is 20.9. The van der Waals surface area contributed by atoms with E-state index in [1.807, 2.05) is 36.4 Å². The standard InChI is InChI=1S/C25H26ClN9O3S/c1-35-12-9-22(34-35)39(37,38)29-11-10-27-25(36)32-21-8-7-19-14-17(21)6-5-16-3-2-4-18(13-16)31-24-28-15-20(26)23(30-19)33-24/h2-4,7-9,12-15,29H,5-6,10-11H2,1H3,(H2,27,32,36)(H2,28,30,31,33). The van der Waals surface area contributed by atoms with Gasteiger partial charge < -0.3 is 21.3 Å². The second-order valence-corrected chi connectivity index (χ2v) is 10.9. The fourth-order valence-electron chi connectivity index (χ4n) is 4.00. The number of nitrogens with zero attached hydrogens (tertiary/aromatic N) is 4. The number of rotatable bonds is 6. The third-order valence-corrected chi connectivity index (χ3v) is 7.52. The number of anilines is 5. The SMILES string of the molecule is Cn1ccc(S(=O)(=O)NCCNC(=O)Nc2ccc3cc2CCc2cccc(c2)Nc2ncc(Cl)c(n2)N3)n1. The van der Waals surface area contributed by atoms with E-state index in [2.05, 4.69) is 41.1 Å². The molecule has 5 rings (SSSR count). The number of halogens is 1. The highest BCUT2D eigenvalue weighted by Crippen LogP contribution is 2.29. The molecule has 39 heavy (non-hydrogen) atoms. The maximum absolute atomic E-state index is 12.6. The molecule has 1 aliphatic rings. The van der Waals surface area contributed by atoms with Gasteiger partial charge >= 0.3 is 6.03 Å². The normalized spacial score (nSPS) is 12.7. The Bertz CT molecular complexity index is 1620. The van der Waals surface area contributed by atoms with Crippen molar-refractivity contribution in [2.75, 3.05) is 29.0 Å². The lowest BCUT2D eigenvalue weighted by molar-refractivity contribution is 0.252. The lowest BCUT2D eigenvalue weighted by Gasteiger charge is -2.15. The van der Waals surface area contributed by atoms with Gasteiger partial charge in [0.15, 0.2) is 10.8 Å². The number of fused-ring (bicyclic) bond motifs is 6. The number of hydrogen-bond acceptors (Lipinski definition) is 8. The first kappa shape index (κ1) is 26.4. The summed E-state index contributed by atoms with van der Waals surface area (Å²) in [5, 5.41) is 16.2. The first-order valence-electron chi connectivity index (χ1n) is 12.1. The van der Waals surface area contributed by atoms with Crippen LogP contribution in [0.3, 0.4) is 0 Å². The van der Waals surface area contributed by atoms with Crippen LogP contribution in [0.15, 0.2) is 66.0 Å². The lowest BCUT2D eigenvalue weighted by Crippen LogP contribution is -2.37. The van der Waals surface area contributed by atoms with Crippen LogP contribution in [0, 0.1) is 0 Å². The van der Waals surface area contributed by atoms with Crippen LogP contribution in [0.25, 0.3) is 0 Å². The van der Waals surface area contributed by atoms with Gasteiger partial charge in [-0.3, -0.25) is 4.68 Å². The molecule has 12 nitrogen and oxygen atoms in total. The number of sulfonamides is 1. The molecule has 2 amide bonds. The van der Waals surface area contributed by atoms with E-state index in [4.69, 9.17) is 11.6 Å². The summed E-state index contributed by atoms with van der Waals surface area (Å²) in [7, 11) is -2.12. The molecule has 2 aromatic heterocycles. The van der Waals surface area contributed by atoms with E-state index in [1.165, 1.54) is 16.9 Å². The van der Waals surface area contributed by atoms with E-state index < -0.39 is 16.1 Å². The molecule has 0 aliphatic carbocycles. The van der Waals surface area contributed by atoms with Crippen molar-refractivity contribution in [1.29, 1.82) is 0 Å². The monoisotopic (exact) mass is 567 g/mol. The molecule has 1 aliphatic heterocycles. The summed E-state index contributed by atoms with van der Waals surface area (Å²) in [5.41, 5.74) is 4.22. The number of aromatic nitrogens is 4. The number of urea groups is 1. The first-order chi connectivity index (χ1) is 18.7. The molecule has 0 spiro atoms. The Morgan fingerprint density at radius 1 is 1.08 bits per heavy atom. The van der Waals surface area contributed by atoms with Crippen molar-refractivity contribution >= 4 is 56.5 Å². The second-order valence-electron chi connectivity index (χ2n) is 8.82. The van der Waals surface area contributed by atoms with Crippen LogP contribution >= 0.6 is 11.6 Å². The minimum absolute atomic E-state index is 0.00803. The van der Waals surface area contributed by atoms with Crippen LogP contribution in [0.4, 0.5) is 33.6 Å². The molecule has 2 aromatic carbocycles. The van der Waals surface area contributed by atoms with Crippen LogP contribution < -0.4 is 26.0 Å². The maximum Gasteiger partial charge on any atom is 0.319 e. The smallest absolute Gasteiger partial charge is 0.319 e. The molecule has 5 N–H and O–H groups in total. The van der Waals surface area contributed by atoms with Gasteiger partial charge in [0.1, 0.15) is 5.02 Å². The molecule has 0 atom stereocenters.